The predicted molar refractivity (Wildman–Crippen MR) is 31.2 cm³/mol. The van der Waals surface area contributed by atoms with E-state index in [0.29, 0.717) is 0 Å². The van der Waals surface area contributed by atoms with E-state index in [-0.39, 0.29) is 73.5 Å². The molecule has 10 heavy (non-hydrogen) atoms. The average molecular weight is 331 g/mol. The Morgan fingerprint density at radius 3 is 1.40 bits per heavy atom. The van der Waals surface area contributed by atoms with Crippen LogP contribution in [0.3, 0.4) is 0 Å². The molecule has 5 heteroatoms. The first-order valence-corrected chi connectivity index (χ1v) is 2.41. The van der Waals surface area contributed by atoms with Crippen molar-refractivity contribution in [1.29, 1.82) is 0 Å². The van der Waals surface area contributed by atoms with Crippen LogP contribution in [-0.4, -0.2) is 34.6 Å². The van der Waals surface area contributed by atoms with Gasteiger partial charge in [-0.15, -0.1) is 0 Å². The van der Waals surface area contributed by atoms with Crippen LogP contribution < -0.4 is 0 Å². The van der Waals surface area contributed by atoms with Gasteiger partial charge in [0.15, 0.2) is 0 Å². The molecular weight excluding hydrogens is 318 g/mol. The summed E-state index contributed by atoms with van der Waals surface area (Å²) in [6.45, 7) is 4.27. The second kappa shape index (κ2) is 22.4. The summed E-state index contributed by atoms with van der Waals surface area (Å²) in [6.07, 6.45) is -0.954. The molecule has 0 aliphatic carbocycles. The molecule has 0 aliphatic rings. The summed E-state index contributed by atoms with van der Waals surface area (Å²) in [5.41, 5.74) is 0. The van der Waals surface area contributed by atoms with Crippen LogP contribution in [-0.2, 0) is 19.5 Å². The van der Waals surface area contributed by atoms with Gasteiger partial charge in [0.2, 0.25) is 0 Å². The van der Waals surface area contributed by atoms with Crippen molar-refractivity contribution in [3.63, 3.8) is 0 Å². The van der Waals surface area contributed by atoms with E-state index < -0.39 is 6.10 Å². The monoisotopic (exact) mass is 327 g/mol. The van der Waals surface area contributed by atoms with Crippen molar-refractivity contribution >= 4 is 0 Å². The van der Waals surface area contributed by atoms with Crippen LogP contribution in [0.5, 0.6) is 0 Å². The van der Waals surface area contributed by atoms with Crippen LogP contribution in [0.2, 0.25) is 0 Å². The molecule has 3 N–H and O–H groups in total. The third kappa shape index (κ3) is 22.5. The summed E-state index contributed by atoms with van der Waals surface area (Å²) < 4.78 is 0. The molecule has 0 aromatic carbocycles. The molecule has 0 radical (unpaired) electrons. The largest absolute Gasteiger partial charge is 0.394 e. The predicted octanol–water partition coefficient (Wildman–Crippen LogP) is -0.830. The first-order valence-electron chi connectivity index (χ1n) is 2.41. The van der Waals surface area contributed by atoms with Gasteiger partial charge < -0.3 is 22.2 Å². The van der Waals surface area contributed by atoms with Crippen molar-refractivity contribution in [2.75, 3.05) is 13.2 Å². The Balaban J connectivity index is -0.0000000412. The van der Waals surface area contributed by atoms with Crippen LogP contribution in [0.4, 0.5) is 0 Å². The van der Waals surface area contributed by atoms with Crippen molar-refractivity contribution < 1.29 is 75.6 Å². The maximum absolute atomic E-state index is 8.17. The molecular formula is C5H13NdO3Zn-. The molecule has 0 unspecified atom stereocenters. The minimum Gasteiger partial charge on any atom is -0.394 e. The minimum atomic E-state index is -0.954. The molecule has 0 bridgehead atoms. The fourth-order valence-electron chi connectivity index (χ4n) is 0.0577. The summed E-state index contributed by atoms with van der Waals surface area (Å²) in [5, 5.41) is 24.0. The number of hydrogen-bond donors (Lipinski definition) is 3. The Morgan fingerprint density at radius 1 is 1.20 bits per heavy atom. The average Bonchev–Trinajstić information content (AvgIpc) is 1.91. The molecule has 3 nitrogen and oxygen atoms in total. The van der Waals surface area contributed by atoms with Gasteiger partial charge in [0.1, 0.15) is 6.10 Å². The second-order valence-electron chi connectivity index (χ2n) is 1.02. The van der Waals surface area contributed by atoms with Gasteiger partial charge in [-0.1, -0.05) is 0 Å². The quantitative estimate of drug-likeness (QED) is 0.457. The Morgan fingerprint density at radius 2 is 1.40 bits per heavy atom. The molecule has 0 amide bonds. The first kappa shape index (κ1) is 22.6. The summed E-state index contributed by atoms with van der Waals surface area (Å²) in [4.78, 5) is 0. The standard InChI is InChI=1S/C3H8O3.C2H5.Nd.Zn/c4-1-3(6)2-5;1-2;;/h3-6H,1-2H2;1H2,2H3;;/q;-1;;. The van der Waals surface area contributed by atoms with Crippen molar-refractivity contribution in [3.8, 4) is 0 Å². The van der Waals surface area contributed by atoms with E-state index in [1.165, 1.54) is 0 Å². The Kier molecular flexibility index (Phi) is 50.8. The van der Waals surface area contributed by atoms with Gasteiger partial charge in [0, 0.05) is 60.3 Å². The molecule has 0 rings (SSSR count). The van der Waals surface area contributed by atoms with Crippen LogP contribution in [0.1, 0.15) is 6.92 Å². The van der Waals surface area contributed by atoms with E-state index in [4.69, 9.17) is 15.3 Å². The fourth-order valence-corrected chi connectivity index (χ4v) is 0.0577. The topological polar surface area (TPSA) is 60.7 Å². The van der Waals surface area contributed by atoms with E-state index >= 15 is 0 Å². The van der Waals surface area contributed by atoms with Gasteiger partial charge in [-0.25, -0.2) is 0 Å². The summed E-state index contributed by atoms with van der Waals surface area (Å²) in [6, 6.07) is 0. The number of aliphatic hydroxyl groups excluding tert-OH is 3. The number of rotatable bonds is 2. The van der Waals surface area contributed by atoms with E-state index in [1.54, 1.807) is 6.92 Å². The molecule has 0 fully saturated rings. The van der Waals surface area contributed by atoms with Crippen molar-refractivity contribution in [2.45, 2.75) is 13.0 Å². The molecule has 0 aromatic rings. The maximum Gasteiger partial charge on any atom is 0.100 e. The minimum absolute atomic E-state index is 0. The Bertz CT molecular complexity index is 36.1. The van der Waals surface area contributed by atoms with Crippen molar-refractivity contribution in [1.82, 2.24) is 0 Å². The molecule has 0 heterocycles. The van der Waals surface area contributed by atoms with Gasteiger partial charge in [0.25, 0.3) is 0 Å². The summed E-state index contributed by atoms with van der Waals surface area (Å²) >= 11 is 0. The SMILES string of the molecule is OCC(O)CO.[CH2-]C.[Nd].[Zn]. The van der Waals surface area contributed by atoms with Crippen molar-refractivity contribution in [2.24, 2.45) is 0 Å². The van der Waals surface area contributed by atoms with Crippen LogP contribution in [0.15, 0.2) is 0 Å². The Labute approximate surface area is 108 Å². The van der Waals surface area contributed by atoms with E-state index in [9.17, 15) is 0 Å². The summed E-state index contributed by atoms with van der Waals surface area (Å²) in [7, 11) is 0. The summed E-state index contributed by atoms with van der Waals surface area (Å²) in [5.74, 6) is 0. The molecule has 0 saturated carbocycles. The molecule has 58 valence electrons. The van der Waals surface area contributed by atoms with Crippen LogP contribution in [0, 0.1) is 47.8 Å². The molecule has 0 saturated heterocycles. The van der Waals surface area contributed by atoms with E-state index in [1.807, 2.05) is 0 Å². The van der Waals surface area contributed by atoms with Crippen molar-refractivity contribution in [3.05, 3.63) is 6.92 Å². The first-order chi connectivity index (χ1) is 3.81. The van der Waals surface area contributed by atoms with Gasteiger partial charge in [-0.05, 0) is 0 Å². The molecule has 0 aliphatic heterocycles. The van der Waals surface area contributed by atoms with Crippen LogP contribution >= 0.6 is 0 Å². The third-order valence-electron chi connectivity index (χ3n) is 0.421. The van der Waals surface area contributed by atoms with Gasteiger partial charge in [0.05, 0.1) is 13.2 Å². The fraction of sp³-hybridized carbons (Fsp3) is 0.800. The van der Waals surface area contributed by atoms with Gasteiger partial charge in [-0.2, -0.15) is 6.92 Å². The smallest absolute Gasteiger partial charge is 0.100 e. The van der Waals surface area contributed by atoms with Gasteiger partial charge >= 0.3 is 0 Å². The van der Waals surface area contributed by atoms with Gasteiger partial charge in [-0.3, -0.25) is 0 Å². The molecule has 0 aromatic heterocycles. The zero-order valence-corrected chi connectivity index (χ0v) is 12.4. The number of hydrogen-bond acceptors (Lipinski definition) is 3. The molecule has 0 spiro atoms. The second-order valence-corrected chi connectivity index (χ2v) is 1.02. The van der Waals surface area contributed by atoms with E-state index in [2.05, 4.69) is 6.92 Å². The Hall–Kier alpha value is 1.85. The molecule has 0 atom stereocenters. The van der Waals surface area contributed by atoms with E-state index in [0.717, 1.165) is 0 Å². The third-order valence-corrected chi connectivity index (χ3v) is 0.421. The zero-order valence-electron chi connectivity index (χ0n) is 6.25. The number of aliphatic hydroxyl groups is 3. The maximum atomic E-state index is 8.17. The normalized spacial score (nSPS) is 6.60. The van der Waals surface area contributed by atoms with Crippen LogP contribution in [0.25, 0.3) is 0 Å². The zero-order chi connectivity index (χ0) is 6.99.